The molecule has 1 atom stereocenters. The Balaban J connectivity index is 1.52. The molecular weight excluding hydrogens is 308 g/mol. The van der Waals surface area contributed by atoms with Gasteiger partial charge in [0.2, 0.25) is 0 Å². The second kappa shape index (κ2) is 5.84. The first kappa shape index (κ1) is 14.5. The van der Waals surface area contributed by atoms with Gasteiger partial charge in [0.1, 0.15) is 24.2 Å². The molecule has 0 aliphatic carbocycles. The van der Waals surface area contributed by atoms with E-state index in [1.54, 1.807) is 18.2 Å². The molecule has 1 aliphatic heterocycles. The Morgan fingerprint density at radius 2 is 1.88 bits per heavy atom. The molecular formula is C17H16N4O3. The van der Waals surface area contributed by atoms with Crippen LogP contribution in [0.2, 0.25) is 0 Å². The number of H-pyrrole nitrogens is 1. The second-order valence-electron chi connectivity index (χ2n) is 5.63. The number of carbonyl (C=O) groups is 1. The third-order valence-electron chi connectivity index (χ3n) is 3.99. The Morgan fingerprint density at radius 3 is 2.75 bits per heavy atom. The van der Waals surface area contributed by atoms with Crippen molar-refractivity contribution in [1.29, 1.82) is 0 Å². The molecule has 2 N–H and O–H groups in total. The van der Waals surface area contributed by atoms with Gasteiger partial charge in [0.25, 0.3) is 5.91 Å². The lowest BCUT2D eigenvalue weighted by atomic mass is 10.1. The number of hydrogen-bond acceptors (Lipinski definition) is 5. The SMILES string of the molecule is CC(NC(=O)c1ccc2n[nH]nc2c1)c1ccc2c(c1)OCCO2. The van der Waals surface area contributed by atoms with Crippen LogP contribution in [-0.2, 0) is 0 Å². The van der Waals surface area contributed by atoms with Gasteiger partial charge in [-0.3, -0.25) is 4.79 Å². The summed E-state index contributed by atoms with van der Waals surface area (Å²) in [7, 11) is 0. The number of nitrogens with zero attached hydrogens (tertiary/aromatic N) is 2. The van der Waals surface area contributed by atoms with Gasteiger partial charge in [-0.1, -0.05) is 6.07 Å². The van der Waals surface area contributed by atoms with E-state index in [1.165, 1.54) is 0 Å². The predicted molar refractivity (Wildman–Crippen MR) is 87.2 cm³/mol. The Kier molecular flexibility index (Phi) is 3.53. The molecule has 1 amide bonds. The minimum absolute atomic E-state index is 0.165. The number of hydrogen-bond donors (Lipinski definition) is 2. The number of rotatable bonds is 3. The maximum absolute atomic E-state index is 12.5. The summed E-state index contributed by atoms with van der Waals surface area (Å²) in [5.41, 5.74) is 2.89. The number of carbonyl (C=O) groups excluding carboxylic acids is 1. The predicted octanol–water partition coefficient (Wildman–Crippen LogP) is 2.22. The highest BCUT2D eigenvalue weighted by Crippen LogP contribution is 2.32. The van der Waals surface area contributed by atoms with Crippen molar-refractivity contribution in [3.05, 3.63) is 47.5 Å². The molecule has 0 bridgehead atoms. The van der Waals surface area contributed by atoms with Crippen molar-refractivity contribution >= 4 is 16.9 Å². The van der Waals surface area contributed by atoms with E-state index in [0.29, 0.717) is 30.0 Å². The molecule has 2 aromatic carbocycles. The van der Waals surface area contributed by atoms with Crippen molar-refractivity contribution in [2.75, 3.05) is 13.2 Å². The first-order chi connectivity index (χ1) is 11.7. The molecule has 3 aromatic rings. The van der Waals surface area contributed by atoms with Crippen molar-refractivity contribution in [3.8, 4) is 11.5 Å². The summed E-state index contributed by atoms with van der Waals surface area (Å²) in [5, 5.41) is 13.5. The maximum Gasteiger partial charge on any atom is 0.251 e. The van der Waals surface area contributed by atoms with Crippen LogP contribution in [0.3, 0.4) is 0 Å². The topological polar surface area (TPSA) is 89.1 Å². The number of fused-ring (bicyclic) bond motifs is 2. The molecule has 4 rings (SSSR count). The Morgan fingerprint density at radius 1 is 1.08 bits per heavy atom. The van der Waals surface area contributed by atoms with Gasteiger partial charge in [-0.25, -0.2) is 0 Å². The summed E-state index contributed by atoms with van der Waals surface area (Å²) in [5.74, 6) is 1.28. The highest BCUT2D eigenvalue weighted by Gasteiger charge is 2.17. The third kappa shape index (κ3) is 2.64. The van der Waals surface area contributed by atoms with Gasteiger partial charge in [-0.2, -0.15) is 15.4 Å². The van der Waals surface area contributed by atoms with E-state index in [9.17, 15) is 4.79 Å². The van der Waals surface area contributed by atoms with Crippen molar-refractivity contribution < 1.29 is 14.3 Å². The average molecular weight is 324 g/mol. The van der Waals surface area contributed by atoms with Crippen LogP contribution in [0.5, 0.6) is 11.5 Å². The van der Waals surface area contributed by atoms with Crippen LogP contribution in [0, 0.1) is 0 Å². The fourth-order valence-electron chi connectivity index (χ4n) is 2.67. The first-order valence-corrected chi connectivity index (χ1v) is 7.71. The zero-order valence-corrected chi connectivity index (χ0v) is 13.1. The molecule has 7 nitrogen and oxygen atoms in total. The molecule has 1 aliphatic rings. The largest absolute Gasteiger partial charge is 0.486 e. The number of amides is 1. The lowest BCUT2D eigenvalue weighted by molar-refractivity contribution is 0.0940. The van der Waals surface area contributed by atoms with Crippen molar-refractivity contribution in [1.82, 2.24) is 20.7 Å². The molecule has 1 unspecified atom stereocenters. The number of aromatic nitrogens is 3. The molecule has 0 spiro atoms. The zero-order valence-electron chi connectivity index (χ0n) is 13.1. The van der Waals surface area contributed by atoms with Gasteiger partial charge in [-0.05, 0) is 42.8 Å². The average Bonchev–Trinajstić information content (AvgIpc) is 3.08. The van der Waals surface area contributed by atoms with Gasteiger partial charge < -0.3 is 14.8 Å². The van der Waals surface area contributed by atoms with E-state index in [2.05, 4.69) is 20.7 Å². The highest BCUT2D eigenvalue weighted by molar-refractivity contribution is 5.97. The summed E-state index contributed by atoms with van der Waals surface area (Å²) in [6.45, 7) is 3.02. The van der Waals surface area contributed by atoms with E-state index in [4.69, 9.17) is 9.47 Å². The summed E-state index contributed by atoms with van der Waals surface area (Å²) in [6.07, 6.45) is 0. The van der Waals surface area contributed by atoms with E-state index < -0.39 is 0 Å². The van der Waals surface area contributed by atoms with Gasteiger partial charge in [0, 0.05) is 5.56 Å². The highest BCUT2D eigenvalue weighted by atomic mass is 16.6. The zero-order chi connectivity index (χ0) is 16.5. The van der Waals surface area contributed by atoms with Crippen LogP contribution in [0.1, 0.15) is 28.9 Å². The lowest BCUT2D eigenvalue weighted by Crippen LogP contribution is -2.26. The van der Waals surface area contributed by atoms with E-state index in [1.807, 2.05) is 25.1 Å². The number of benzene rings is 2. The van der Waals surface area contributed by atoms with Crippen LogP contribution in [0.4, 0.5) is 0 Å². The van der Waals surface area contributed by atoms with Crippen LogP contribution in [0.25, 0.3) is 11.0 Å². The number of ether oxygens (including phenoxy) is 2. The summed E-state index contributed by atoms with van der Waals surface area (Å²) in [4.78, 5) is 12.5. The van der Waals surface area contributed by atoms with Crippen LogP contribution in [0.15, 0.2) is 36.4 Å². The molecule has 0 saturated carbocycles. The third-order valence-corrected chi connectivity index (χ3v) is 3.99. The van der Waals surface area contributed by atoms with E-state index in [0.717, 1.165) is 16.8 Å². The summed E-state index contributed by atoms with van der Waals surface area (Å²) >= 11 is 0. The first-order valence-electron chi connectivity index (χ1n) is 7.71. The molecule has 7 heteroatoms. The minimum atomic E-state index is -0.165. The fourth-order valence-corrected chi connectivity index (χ4v) is 2.67. The molecule has 122 valence electrons. The molecule has 1 aromatic heterocycles. The van der Waals surface area contributed by atoms with E-state index >= 15 is 0 Å². The molecule has 24 heavy (non-hydrogen) atoms. The lowest BCUT2D eigenvalue weighted by Gasteiger charge is -2.21. The van der Waals surface area contributed by atoms with Gasteiger partial charge in [0.05, 0.1) is 6.04 Å². The Labute approximate surface area is 138 Å². The maximum atomic E-state index is 12.5. The van der Waals surface area contributed by atoms with Crippen LogP contribution >= 0.6 is 0 Å². The Bertz CT molecular complexity index is 906. The summed E-state index contributed by atoms with van der Waals surface area (Å²) < 4.78 is 11.1. The standard InChI is InChI=1S/C17H16N4O3/c1-10(11-3-5-15-16(9-11)24-7-6-23-15)18-17(22)12-2-4-13-14(8-12)20-21-19-13/h2-5,8-10H,6-7H2,1H3,(H,18,22)(H,19,20,21). The number of aromatic amines is 1. The van der Waals surface area contributed by atoms with Crippen LogP contribution < -0.4 is 14.8 Å². The van der Waals surface area contributed by atoms with Gasteiger partial charge in [0.15, 0.2) is 11.5 Å². The van der Waals surface area contributed by atoms with Crippen molar-refractivity contribution in [2.45, 2.75) is 13.0 Å². The smallest absolute Gasteiger partial charge is 0.251 e. The molecule has 2 heterocycles. The second-order valence-corrected chi connectivity index (χ2v) is 5.63. The van der Waals surface area contributed by atoms with Gasteiger partial charge >= 0.3 is 0 Å². The van der Waals surface area contributed by atoms with Crippen molar-refractivity contribution in [3.63, 3.8) is 0 Å². The molecule has 0 fully saturated rings. The minimum Gasteiger partial charge on any atom is -0.486 e. The van der Waals surface area contributed by atoms with Gasteiger partial charge in [-0.15, -0.1) is 0 Å². The number of nitrogens with one attached hydrogen (secondary N) is 2. The normalized spacial score (nSPS) is 14.4. The van der Waals surface area contributed by atoms with Crippen molar-refractivity contribution in [2.24, 2.45) is 0 Å². The molecule has 0 saturated heterocycles. The molecule has 0 radical (unpaired) electrons. The van der Waals surface area contributed by atoms with E-state index in [-0.39, 0.29) is 11.9 Å². The fraction of sp³-hybridized carbons (Fsp3) is 0.235. The monoisotopic (exact) mass is 324 g/mol. The summed E-state index contributed by atoms with van der Waals surface area (Å²) in [6, 6.07) is 10.7. The Hall–Kier alpha value is -3.09. The van der Waals surface area contributed by atoms with Crippen LogP contribution in [-0.4, -0.2) is 34.5 Å². The quantitative estimate of drug-likeness (QED) is 0.771.